The number of aliphatic hydroxyl groups is 1. The SMILES string of the molecule is CCCC/C=C/CC/C=C/CC/C=C/C(O)C(COP(=O)([O-])OCC[N+](C)(C)C)NC(=O)CCCCCC. The molecule has 3 unspecified atom stereocenters. The molecule has 3 atom stereocenters. The van der Waals surface area contributed by atoms with E-state index in [1.165, 1.54) is 12.8 Å². The minimum absolute atomic E-state index is 0.0101. The normalized spacial score (nSPS) is 15.9. The molecule has 0 aliphatic heterocycles. The number of hydrogen-bond acceptors (Lipinski definition) is 6. The van der Waals surface area contributed by atoms with Crippen molar-refractivity contribution in [1.29, 1.82) is 0 Å². The summed E-state index contributed by atoms with van der Waals surface area (Å²) in [6.07, 6.45) is 22.5. The Labute approximate surface area is 232 Å². The van der Waals surface area contributed by atoms with Gasteiger partial charge in [0, 0.05) is 6.42 Å². The van der Waals surface area contributed by atoms with Gasteiger partial charge in [0.25, 0.3) is 7.82 Å². The summed E-state index contributed by atoms with van der Waals surface area (Å²) in [6, 6.07) is -0.899. The standard InChI is InChI=1S/C29H55N2O6P/c1-6-8-10-12-13-14-15-16-17-18-19-20-22-28(32)27(30-29(33)23-21-11-9-7-2)26-37-38(34,35)36-25-24-31(3,4)5/h12-13,16-17,20,22,27-28,32H,6-11,14-15,18-19,21,23-26H2,1-5H3,(H-,30,33,34,35)/b13-12+,17-16+,22-20+. The van der Waals surface area contributed by atoms with Crippen LogP contribution in [0.2, 0.25) is 0 Å². The molecule has 2 N–H and O–H groups in total. The smallest absolute Gasteiger partial charge is 0.268 e. The second kappa shape index (κ2) is 22.5. The molecule has 0 aromatic carbocycles. The second-order valence-corrected chi connectivity index (χ2v) is 12.1. The van der Waals surface area contributed by atoms with Gasteiger partial charge in [0.2, 0.25) is 5.91 Å². The summed E-state index contributed by atoms with van der Waals surface area (Å²) in [5.74, 6) is -0.236. The van der Waals surface area contributed by atoms with Gasteiger partial charge in [-0.2, -0.15) is 0 Å². The van der Waals surface area contributed by atoms with Crippen molar-refractivity contribution in [3.63, 3.8) is 0 Å². The minimum atomic E-state index is -4.56. The quantitative estimate of drug-likeness (QED) is 0.0708. The Bertz CT molecular complexity index is 733. The van der Waals surface area contributed by atoms with Crippen LogP contribution in [0.25, 0.3) is 0 Å². The highest BCUT2D eigenvalue weighted by atomic mass is 31.2. The fraction of sp³-hybridized carbons (Fsp3) is 0.759. The van der Waals surface area contributed by atoms with E-state index in [4.69, 9.17) is 9.05 Å². The Hall–Kier alpha value is -1.28. The maximum atomic E-state index is 12.4. The maximum Gasteiger partial charge on any atom is 0.268 e. The number of quaternary nitrogens is 1. The highest BCUT2D eigenvalue weighted by Crippen LogP contribution is 2.38. The van der Waals surface area contributed by atoms with E-state index in [9.17, 15) is 19.4 Å². The monoisotopic (exact) mass is 558 g/mol. The van der Waals surface area contributed by atoms with Gasteiger partial charge in [-0.3, -0.25) is 9.36 Å². The predicted molar refractivity (Wildman–Crippen MR) is 155 cm³/mol. The Morgan fingerprint density at radius 1 is 0.895 bits per heavy atom. The predicted octanol–water partition coefficient (Wildman–Crippen LogP) is 5.43. The van der Waals surface area contributed by atoms with E-state index in [1.54, 1.807) is 6.08 Å². The number of amides is 1. The van der Waals surface area contributed by atoms with Gasteiger partial charge in [-0.1, -0.05) is 82.4 Å². The highest BCUT2D eigenvalue weighted by molar-refractivity contribution is 7.45. The molecule has 0 aromatic rings. The van der Waals surface area contributed by atoms with Crippen LogP contribution in [0.5, 0.6) is 0 Å². The topological polar surface area (TPSA) is 108 Å². The lowest BCUT2D eigenvalue weighted by molar-refractivity contribution is -0.870. The molecule has 0 bridgehead atoms. The zero-order valence-electron chi connectivity index (χ0n) is 24.6. The third-order valence-electron chi connectivity index (χ3n) is 5.83. The van der Waals surface area contributed by atoms with Crippen molar-refractivity contribution in [2.24, 2.45) is 0 Å². The third-order valence-corrected chi connectivity index (χ3v) is 6.79. The van der Waals surface area contributed by atoms with Crippen LogP contribution in [0.1, 0.15) is 90.9 Å². The lowest BCUT2D eigenvalue weighted by atomic mass is 10.1. The second-order valence-electron chi connectivity index (χ2n) is 10.7. The first-order valence-electron chi connectivity index (χ1n) is 14.4. The number of phosphoric ester groups is 1. The molecule has 0 saturated carbocycles. The number of unbranched alkanes of at least 4 members (excludes halogenated alkanes) is 7. The number of nitrogens with one attached hydrogen (secondary N) is 1. The van der Waals surface area contributed by atoms with Crippen molar-refractivity contribution < 1.29 is 32.9 Å². The van der Waals surface area contributed by atoms with E-state index in [0.717, 1.165) is 57.8 Å². The van der Waals surface area contributed by atoms with Gasteiger partial charge < -0.3 is 28.8 Å². The van der Waals surface area contributed by atoms with E-state index in [0.29, 0.717) is 17.4 Å². The molecular formula is C29H55N2O6P. The molecule has 38 heavy (non-hydrogen) atoms. The van der Waals surface area contributed by atoms with Gasteiger partial charge in [-0.15, -0.1) is 0 Å². The van der Waals surface area contributed by atoms with Crippen LogP contribution >= 0.6 is 7.82 Å². The Morgan fingerprint density at radius 2 is 1.47 bits per heavy atom. The van der Waals surface area contributed by atoms with E-state index >= 15 is 0 Å². The number of aliphatic hydroxyl groups excluding tert-OH is 1. The molecule has 222 valence electrons. The highest BCUT2D eigenvalue weighted by Gasteiger charge is 2.23. The average molecular weight is 559 g/mol. The van der Waals surface area contributed by atoms with Crippen molar-refractivity contribution >= 4 is 13.7 Å². The number of rotatable bonds is 24. The third kappa shape index (κ3) is 23.8. The summed E-state index contributed by atoms with van der Waals surface area (Å²) in [7, 11) is 1.22. The molecule has 0 aromatic heterocycles. The lowest BCUT2D eigenvalue weighted by Gasteiger charge is -2.29. The maximum absolute atomic E-state index is 12.4. The van der Waals surface area contributed by atoms with E-state index < -0.39 is 26.6 Å². The molecule has 8 nitrogen and oxygen atoms in total. The van der Waals surface area contributed by atoms with Gasteiger partial charge >= 0.3 is 0 Å². The number of phosphoric acid groups is 1. The molecule has 0 aliphatic rings. The van der Waals surface area contributed by atoms with Crippen LogP contribution in [0, 0.1) is 0 Å². The number of carbonyl (C=O) groups is 1. The van der Waals surface area contributed by atoms with Crippen LogP contribution in [0.3, 0.4) is 0 Å². The molecule has 0 saturated heterocycles. The Kier molecular flexibility index (Phi) is 21.8. The van der Waals surface area contributed by atoms with Gasteiger partial charge in [0.15, 0.2) is 0 Å². The molecule has 0 fully saturated rings. The van der Waals surface area contributed by atoms with E-state index in [2.05, 4.69) is 43.5 Å². The van der Waals surface area contributed by atoms with Crippen LogP contribution in [0.4, 0.5) is 0 Å². The molecule has 0 radical (unpaired) electrons. The fourth-order valence-corrected chi connectivity index (χ4v) is 4.12. The van der Waals surface area contributed by atoms with Crippen molar-refractivity contribution in [2.75, 3.05) is 40.9 Å². The first-order chi connectivity index (χ1) is 18.0. The molecule has 0 rings (SSSR count). The summed E-state index contributed by atoms with van der Waals surface area (Å²) in [5, 5.41) is 13.4. The first kappa shape index (κ1) is 36.7. The Balaban J connectivity index is 4.73. The van der Waals surface area contributed by atoms with Crippen LogP contribution < -0.4 is 10.2 Å². The van der Waals surface area contributed by atoms with E-state index in [1.807, 2.05) is 27.2 Å². The van der Waals surface area contributed by atoms with Gasteiger partial charge in [-0.25, -0.2) is 0 Å². The molecule has 0 heterocycles. The van der Waals surface area contributed by atoms with Gasteiger partial charge in [-0.05, 0) is 38.5 Å². The van der Waals surface area contributed by atoms with E-state index in [-0.39, 0.29) is 12.5 Å². The van der Waals surface area contributed by atoms with Crippen molar-refractivity contribution in [1.82, 2.24) is 5.32 Å². The molecule has 9 heteroatoms. The summed E-state index contributed by atoms with van der Waals surface area (Å²) >= 11 is 0. The molecular weight excluding hydrogens is 503 g/mol. The number of allylic oxidation sites excluding steroid dienone is 5. The van der Waals surface area contributed by atoms with Crippen molar-refractivity contribution in [2.45, 2.75) is 103 Å². The van der Waals surface area contributed by atoms with Gasteiger partial charge in [0.1, 0.15) is 13.2 Å². The largest absolute Gasteiger partial charge is 0.756 e. The zero-order chi connectivity index (χ0) is 28.7. The number of carbonyl (C=O) groups excluding carboxylic acids is 1. The number of hydrogen-bond donors (Lipinski definition) is 2. The minimum Gasteiger partial charge on any atom is -0.756 e. The summed E-state index contributed by atoms with van der Waals surface area (Å²) in [4.78, 5) is 24.6. The van der Waals surface area contributed by atoms with Crippen molar-refractivity contribution in [3.8, 4) is 0 Å². The molecule has 0 spiro atoms. The summed E-state index contributed by atoms with van der Waals surface area (Å²) < 4.78 is 22.7. The average Bonchev–Trinajstić information content (AvgIpc) is 2.84. The number of nitrogens with zero attached hydrogens (tertiary/aromatic N) is 1. The van der Waals surface area contributed by atoms with Gasteiger partial charge in [0.05, 0.1) is 39.9 Å². The molecule has 0 aliphatic carbocycles. The summed E-state index contributed by atoms with van der Waals surface area (Å²) in [6.45, 7) is 4.37. The molecule has 1 amide bonds. The van der Waals surface area contributed by atoms with Crippen LogP contribution in [0.15, 0.2) is 36.5 Å². The first-order valence-corrected chi connectivity index (χ1v) is 15.8. The summed E-state index contributed by atoms with van der Waals surface area (Å²) in [5.41, 5.74) is 0. The Morgan fingerprint density at radius 3 is 2.05 bits per heavy atom. The van der Waals surface area contributed by atoms with Crippen LogP contribution in [-0.2, 0) is 18.4 Å². The van der Waals surface area contributed by atoms with Crippen LogP contribution in [-0.4, -0.2) is 68.5 Å². The fourth-order valence-electron chi connectivity index (χ4n) is 3.40. The van der Waals surface area contributed by atoms with Crippen molar-refractivity contribution in [3.05, 3.63) is 36.5 Å². The zero-order valence-corrected chi connectivity index (χ0v) is 25.5. The number of likely N-dealkylation sites (N-methyl/N-ethyl adjacent to an activating group) is 1. The lowest BCUT2D eigenvalue weighted by Crippen LogP contribution is -2.45.